The Bertz CT molecular complexity index is 1180. The first kappa shape index (κ1) is 23.3. The molecular weight excluding hydrogens is 420 g/mol. The van der Waals surface area contributed by atoms with Crippen molar-refractivity contribution in [3.8, 4) is 5.75 Å². The molecule has 1 aromatic carbocycles. The number of fused-ring (bicyclic) bond motifs is 3. The van der Waals surface area contributed by atoms with Gasteiger partial charge < -0.3 is 19.9 Å². The molecule has 0 radical (unpaired) electrons. The van der Waals surface area contributed by atoms with E-state index in [1.807, 2.05) is 29.5 Å². The first-order valence-electron chi connectivity index (χ1n) is 11.8. The Balaban J connectivity index is 1.35. The van der Waals surface area contributed by atoms with E-state index < -0.39 is 0 Å². The van der Waals surface area contributed by atoms with E-state index in [0.29, 0.717) is 23.6 Å². The summed E-state index contributed by atoms with van der Waals surface area (Å²) >= 11 is 0. The standard InChI is InChI=1S/C24H34N6O3/c1-4-10-27-12-14-28(15-13-27)11-6-9-25-23(31)17-29-24(32)21-16-19-20(30(21)18(2)26-29)7-5-8-22(19)33-3/h5,7-8,16H,4,6,9-15,17H2,1-3H3,(H,25,31). The number of amides is 1. The monoisotopic (exact) mass is 454 g/mol. The Morgan fingerprint density at radius 1 is 1.12 bits per heavy atom. The van der Waals surface area contributed by atoms with Crippen molar-refractivity contribution in [1.29, 1.82) is 0 Å². The molecule has 0 saturated carbocycles. The highest BCUT2D eigenvalue weighted by Crippen LogP contribution is 2.28. The maximum atomic E-state index is 13.0. The van der Waals surface area contributed by atoms with Crippen LogP contribution in [-0.2, 0) is 11.3 Å². The number of aromatic nitrogens is 3. The third-order valence-corrected chi connectivity index (χ3v) is 6.34. The molecule has 9 heteroatoms. The number of carbonyl (C=O) groups excluding carboxylic acids is 1. The van der Waals surface area contributed by atoms with E-state index in [0.717, 1.165) is 50.0 Å². The van der Waals surface area contributed by atoms with E-state index in [1.54, 1.807) is 13.2 Å². The molecular formula is C24H34N6O3. The molecule has 1 aliphatic rings. The fourth-order valence-corrected chi connectivity index (χ4v) is 4.67. The van der Waals surface area contributed by atoms with Crippen molar-refractivity contribution >= 4 is 22.3 Å². The van der Waals surface area contributed by atoms with Gasteiger partial charge in [-0.1, -0.05) is 13.0 Å². The molecule has 0 aliphatic carbocycles. The maximum Gasteiger partial charge on any atom is 0.291 e. The number of carbonyl (C=O) groups is 1. The Morgan fingerprint density at radius 3 is 2.55 bits per heavy atom. The fraction of sp³-hybridized carbons (Fsp3) is 0.542. The molecule has 1 saturated heterocycles. The Kier molecular flexibility index (Phi) is 7.29. The molecule has 2 aromatic heterocycles. The van der Waals surface area contributed by atoms with Gasteiger partial charge in [0.1, 0.15) is 23.6 Å². The van der Waals surface area contributed by atoms with Crippen LogP contribution in [0, 0.1) is 6.92 Å². The summed E-state index contributed by atoms with van der Waals surface area (Å²) in [6.07, 6.45) is 2.09. The fourth-order valence-electron chi connectivity index (χ4n) is 4.67. The Morgan fingerprint density at radius 2 is 1.85 bits per heavy atom. The van der Waals surface area contributed by atoms with Gasteiger partial charge in [0, 0.05) is 38.1 Å². The van der Waals surface area contributed by atoms with Crippen molar-refractivity contribution in [2.24, 2.45) is 0 Å². The number of methoxy groups -OCH3 is 1. The SMILES string of the molecule is CCCN1CCN(CCCNC(=O)Cn2nc(C)n3c(cc4c(OC)cccc43)c2=O)CC1. The molecule has 1 aliphatic heterocycles. The summed E-state index contributed by atoms with van der Waals surface area (Å²) in [5.74, 6) is 1.14. The van der Waals surface area contributed by atoms with Crippen LogP contribution in [0.4, 0.5) is 0 Å². The van der Waals surface area contributed by atoms with Crippen LogP contribution in [0.1, 0.15) is 25.6 Å². The van der Waals surface area contributed by atoms with Gasteiger partial charge in [-0.05, 0) is 51.1 Å². The maximum absolute atomic E-state index is 13.0. The first-order chi connectivity index (χ1) is 16.0. The lowest BCUT2D eigenvalue weighted by atomic mass is 10.2. The minimum atomic E-state index is -0.293. The minimum absolute atomic E-state index is 0.0927. The van der Waals surface area contributed by atoms with E-state index in [2.05, 4.69) is 27.1 Å². The van der Waals surface area contributed by atoms with Crippen LogP contribution in [-0.4, -0.2) is 82.8 Å². The third-order valence-electron chi connectivity index (χ3n) is 6.34. The topological polar surface area (TPSA) is 84.1 Å². The van der Waals surface area contributed by atoms with Crippen LogP contribution in [0.3, 0.4) is 0 Å². The minimum Gasteiger partial charge on any atom is -0.496 e. The lowest BCUT2D eigenvalue weighted by Crippen LogP contribution is -2.47. The summed E-state index contributed by atoms with van der Waals surface area (Å²) in [6, 6.07) is 7.48. The van der Waals surface area contributed by atoms with Gasteiger partial charge in [-0.2, -0.15) is 5.10 Å². The smallest absolute Gasteiger partial charge is 0.291 e. The molecule has 0 spiro atoms. The average molecular weight is 455 g/mol. The molecule has 0 atom stereocenters. The number of nitrogens with one attached hydrogen (secondary N) is 1. The number of rotatable bonds is 9. The van der Waals surface area contributed by atoms with Crippen molar-refractivity contribution < 1.29 is 9.53 Å². The second-order valence-electron chi connectivity index (χ2n) is 8.65. The van der Waals surface area contributed by atoms with E-state index in [4.69, 9.17) is 4.74 Å². The van der Waals surface area contributed by atoms with Crippen molar-refractivity contribution in [3.05, 3.63) is 40.4 Å². The van der Waals surface area contributed by atoms with E-state index in [-0.39, 0.29) is 18.0 Å². The number of hydrogen-bond donors (Lipinski definition) is 1. The number of aryl methyl sites for hydroxylation is 1. The Labute approximate surface area is 193 Å². The molecule has 4 rings (SSSR count). The second kappa shape index (κ2) is 10.4. The average Bonchev–Trinajstić information content (AvgIpc) is 3.22. The van der Waals surface area contributed by atoms with Crippen LogP contribution in [0.5, 0.6) is 5.75 Å². The van der Waals surface area contributed by atoms with Gasteiger partial charge in [0.15, 0.2) is 0 Å². The highest BCUT2D eigenvalue weighted by atomic mass is 16.5. The van der Waals surface area contributed by atoms with Crippen LogP contribution in [0.15, 0.2) is 29.1 Å². The summed E-state index contributed by atoms with van der Waals surface area (Å²) in [6.45, 7) is 11.1. The number of piperazine rings is 1. The van der Waals surface area contributed by atoms with Gasteiger partial charge in [-0.15, -0.1) is 0 Å². The van der Waals surface area contributed by atoms with Crippen molar-refractivity contribution in [2.45, 2.75) is 33.2 Å². The molecule has 1 N–H and O–H groups in total. The highest BCUT2D eigenvalue weighted by Gasteiger charge is 2.17. The van der Waals surface area contributed by atoms with Crippen LogP contribution >= 0.6 is 0 Å². The van der Waals surface area contributed by atoms with Gasteiger partial charge in [-0.25, -0.2) is 4.68 Å². The highest BCUT2D eigenvalue weighted by molar-refractivity contribution is 5.92. The predicted octanol–water partition coefficient (Wildman–Crippen LogP) is 1.50. The predicted molar refractivity (Wildman–Crippen MR) is 129 cm³/mol. The van der Waals surface area contributed by atoms with Crippen molar-refractivity contribution in [2.75, 3.05) is 52.9 Å². The van der Waals surface area contributed by atoms with Crippen LogP contribution in [0.25, 0.3) is 16.4 Å². The summed E-state index contributed by atoms with van der Waals surface area (Å²) in [7, 11) is 1.61. The first-order valence-corrected chi connectivity index (χ1v) is 11.8. The zero-order chi connectivity index (χ0) is 23.4. The van der Waals surface area contributed by atoms with E-state index in [9.17, 15) is 9.59 Å². The molecule has 33 heavy (non-hydrogen) atoms. The molecule has 3 heterocycles. The third kappa shape index (κ3) is 5.04. The van der Waals surface area contributed by atoms with Gasteiger partial charge in [-0.3, -0.25) is 14.0 Å². The largest absolute Gasteiger partial charge is 0.496 e. The van der Waals surface area contributed by atoms with Gasteiger partial charge in [0.05, 0.1) is 12.6 Å². The molecule has 178 valence electrons. The number of benzene rings is 1. The lowest BCUT2D eigenvalue weighted by molar-refractivity contribution is -0.121. The van der Waals surface area contributed by atoms with E-state index >= 15 is 0 Å². The zero-order valence-electron chi connectivity index (χ0n) is 19.8. The molecule has 9 nitrogen and oxygen atoms in total. The summed E-state index contributed by atoms with van der Waals surface area (Å²) in [5.41, 5.74) is 1.05. The van der Waals surface area contributed by atoms with Gasteiger partial charge in [0.2, 0.25) is 5.91 Å². The van der Waals surface area contributed by atoms with Gasteiger partial charge in [0.25, 0.3) is 5.56 Å². The quantitative estimate of drug-likeness (QED) is 0.494. The summed E-state index contributed by atoms with van der Waals surface area (Å²) < 4.78 is 8.50. The number of hydrogen-bond acceptors (Lipinski definition) is 6. The van der Waals surface area contributed by atoms with Crippen molar-refractivity contribution in [1.82, 2.24) is 29.3 Å². The van der Waals surface area contributed by atoms with Crippen LogP contribution in [0.2, 0.25) is 0 Å². The molecule has 1 amide bonds. The number of ether oxygens (including phenoxy) is 1. The zero-order valence-corrected chi connectivity index (χ0v) is 19.8. The number of nitrogens with zero attached hydrogens (tertiary/aromatic N) is 5. The van der Waals surface area contributed by atoms with Gasteiger partial charge >= 0.3 is 0 Å². The molecule has 1 fully saturated rings. The van der Waals surface area contributed by atoms with Crippen molar-refractivity contribution in [3.63, 3.8) is 0 Å². The molecule has 0 unspecified atom stereocenters. The molecule has 3 aromatic rings. The lowest BCUT2D eigenvalue weighted by Gasteiger charge is -2.34. The Hall–Kier alpha value is -2.91. The second-order valence-corrected chi connectivity index (χ2v) is 8.65. The normalized spacial score (nSPS) is 15.4. The van der Waals surface area contributed by atoms with Crippen LogP contribution < -0.4 is 15.6 Å². The summed E-state index contributed by atoms with van der Waals surface area (Å²) in [4.78, 5) is 30.5. The summed E-state index contributed by atoms with van der Waals surface area (Å²) in [5, 5.41) is 8.18. The van der Waals surface area contributed by atoms with E-state index in [1.165, 1.54) is 17.6 Å². The molecule has 0 bridgehead atoms.